The van der Waals surface area contributed by atoms with Gasteiger partial charge in [-0.05, 0) is 43.9 Å². The quantitative estimate of drug-likeness (QED) is 0.0968. The monoisotopic (exact) mass is 705 g/mol. The zero-order valence-corrected chi connectivity index (χ0v) is 29.6. The number of carboxylic acids is 1. The molecule has 0 spiro atoms. The van der Waals surface area contributed by atoms with E-state index in [1.54, 1.807) is 35.2 Å². The number of aliphatic carboxylic acids is 1. The Balaban J connectivity index is 0.988. The average molecular weight is 706 g/mol. The van der Waals surface area contributed by atoms with Gasteiger partial charge in [0.25, 0.3) is 17.4 Å². The van der Waals surface area contributed by atoms with Crippen molar-refractivity contribution in [2.24, 2.45) is 5.92 Å². The highest BCUT2D eigenvalue weighted by atomic mass is 16.4. The molecule has 1 unspecified atom stereocenters. The SMILES string of the molecule is O=C(O)Cn1cc(N(CCCCCCCCCCCN2C(=O)c3ccccc3C2=O)C(=O)C2CCCN(c3cncc4ccccc34)C2)ccc1=O. The van der Waals surface area contributed by atoms with Crippen LogP contribution in [0.1, 0.15) is 91.3 Å². The number of carbonyl (C=O) groups excluding carboxylic acids is 3. The number of aromatic nitrogens is 2. The second-order valence-electron chi connectivity index (χ2n) is 13.9. The number of carboxylic acid groups (broad SMARTS) is 1. The summed E-state index contributed by atoms with van der Waals surface area (Å²) < 4.78 is 1.15. The summed E-state index contributed by atoms with van der Waals surface area (Å²) in [7, 11) is 0. The van der Waals surface area contributed by atoms with Gasteiger partial charge in [0.15, 0.2) is 0 Å². The summed E-state index contributed by atoms with van der Waals surface area (Å²) in [5, 5.41) is 11.5. The maximum atomic E-state index is 14.3. The van der Waals surface area contributed by atoms with Crippen LogP contribution >= 0.6 is 0 Å². The van der Waals surface area contributed by atoms with Gasteiger partial charge in [-0.15, -0.1) is 0 Å². The number of fused-ring (bicyclic) bond motifs is 2. The van der Waals surface area contributed by atoms with Crippen molar-refractivity contribution in [1.29, 1.82) is 0 Å². The minimum Gasteiger partial charge on any atom is -0.480 e. The number of rotatable bonds is 17. The molecule has 1 atom stereocenters. The number of anilines is 2. The first-order valence-corrected chi connectivity index (χ1v) is 18.6. The van der Waals surface area contributed by atoms with E-state index in [1.807, 2.05) is 30.6 Å². The maximum Gasteiger partial charge on any atom is 0.323 e. The number of benzene rings is 2. The zero-order valence-electron chi connectivity index (χ0n) is 29.6. The first kappa shape index (κ1) is 36.5. The number of imide groups is 1. The summed E-state index contributed by atoms with van der Waals surface area (Å²) in [4.78, 5) is 73.1. The Morgan fingerprint density at radius 2 is 1.44 bits per heavy atom. The molecule has 11 nitrogen and oxygen atoms in total. The van der Waals surface area contributed by atoms with Crippen molar-refractivity contribution in [3.8, 4) is 0 Å². The summed E-state index contributed by atoms with van der Waals surface area (Å²) in [6.45, 7) is 1.85. The largest absolute Gasteiger partial charge is 0.480 e. The molecule has 52 heavy (non-hydrogen) atoms. The third-order valence-electron chi connectivity index (χ3n) is 10.3. The van der Waals surface area contributed by atoms with E-state index in [-0.39, 0.29) is 23.6 Å². The van der Waals surface area contributed by atoms with Crippen LogP contribution in [-0.2, 0) is 16.1 Å². The summed E-state index contributed by atoms with van der Waals surface area (Å²) >= 11 is 0. The molecular formula is C41H47N5O6. The normalized spacial score (nSPS) is 15.7. The van der Waals surface area contributed by atoms with Crippen molar-refractivity contribution in [2.45, 2.75) is 77.2 Å². The molecular weight excluding hydrogens is 658 g/mol. The molecule has 2 aromatic heterocycles. The number of hydrogen-bond acceptors (Lipinski definition) is 7. The highest BCUT2D eigenvalue weighted by Gasteiger charge is 2.34. The highest BCUT2D eigenvalue weighted by Crippen LogP contribution is 2.31. The zero-order chi connectivity index (χ0) is 36.5. The summed E-state index contributed by atoms with van der Waals surface area (Å²) in [5.74, 6) is -1.78. The molecule has 272 valence electrons. The van der Waals surface area contributed by atoms with Crippen LogP contribution in [0, 0.1) is 5.92 Å². The van der Waals surface area contributed by atoms with Crippen molar-refractivity contribution in [3.63, 3.8) is 0 Å². The summed E-state index contributed by atoms with van der Waals surface area (Å²) in [6, 6.07) is 18.1. The fourth-order valence-electron chi connectivity index (χ4n) is 7.50. The lowest BCUT2D eigenvalue weighted by molar-refractivity contribution is -0.137. The molecule has 0 bridgehead atoms. The predicted molar refractivity (Wildman–Crippen MR) is 201 cm³/mol. The molecule has 2 aliphatic heterocycles. The first-order valence-electron chi connectivity index (χ1n) is 18.6. The van der Waals surface area contributed by atoms with Crippen molar-refractivity contribution in [1.82, 2.24) is 14.5 Å². The summed E-state index contributed by atoms with van der Waals surface area (Å²) in [6.07, 6.45) is 15.6. The molecule has 0 saturated carbocycles. The molecule has 11 heteroatoms. The van der Waals surface area contributed by atoms with Crippen LogP contribution in [0.15, 0.2) is 84.0 Å². The van der Waals surface area contributed by atoms with Gasteiger partial charge in [0.1, 0.15) is 6.54 Å². The molecule has 3 amide bonds. The third kappa shape index (κ3) is 8.58. The van der Waals surface area contributed by atoms with Gasteiger partial charge in [-0.1, -0.05) is 81.3 Å². The van der Waals surface area contributed by atoms with E-state index in [1.165, 1.54) is 17.2 Å². The molecule has 1 saturated heterocycles. The van der Waals surface area contributed by atoms with Gasteiger partial charge in [0.05, 0.1) is 34.6 Å². The Hall–Kier alpha value is -5.32. The standard InChI is InChI=1S/C41H47N5O6/c47-37-21-20-32(28-44(37)29-38(48)49)45(39(50)31-16-14-22-43(27-31)36-26-42-25-30-15-8-9-17-33(30)36)23-12-6-4-2-1-3-5-7-13-24-46-40(51)34-18-10-11-19-35(34)41(46)52/h8-11,15,17-21,25-26,28,31H,1-7,12-14,16,22-24,27,29H2,(H,48,49). The Kier molecular flexibility index (Phi) is 12.1. The Bertz CT molecular complexity index is 1930. The number of hydrogen-bond donors (Lipinski definition) is 1. The number of carbonyl (C=O) groups is 4. The number of nitrogens with zero attached hydrogens (tertiary/aromatic N) is 5. The highest BCUT2D eigenvalue weighted by molar-refractivity contribution is 6.21. The molecule has 0 aliphatic carbocycles. The molecule has 4 heterocycles. The van der Waals surface area contributed by atoms with Crippen LogP contribution < -0.4 is 15.4 Å². The number of pyridine rings is 2. The fourth-order valence-corrected chi connectivity index (χ4v) is 7.50. The second kappa shape index (κ2) is 17.3. The van der Waals surface area contributed by atoms with Gasteiger partial charge in [0.2, 0.25) is 5.91 Å². The van der Waals surface area contributed by atoms with E-state index in [4.69, 9.17) is 0 Å². The third-order valence-corrected chi connectivity index (χ3v) is 10.3. The molecule has 1 N–H and O–H groups in total. The van der Waals surface area contributed by atoms with Gasteiger partial charge >= 0.3 is 5.97 Å². The Morgan fingerprint density at radius 3 is 2.15 bits per heavy atom. The van der Waals surface area contributed by atoms with Gasteiger partial charge < -0.3 is 19.5 Å². The maximum absolute atomic E-state index is 14.3. The van der Waals surface area contributed by atoms with Crippen LogP contribution in [0.25, 0.3) is 10.8 Å². The smallest absolute Gasteiger partial charge is 0.323 e. The lowest BCUT2D eigenvalue weighted by Crippen LogP contribution is -2.45. The molecule has 4 aromatic rings. The predicted octanol–water partition coefficient (Wildman–Crippen LogP) is 6.54. The van der Waals surface area contributed by atoms with Crippen molar-refractivity contribution >= 4 is 45.8 Å². The number of amides is 3. The topological polar surface area (TPSA) is 133 Å². The lowest BCUT2D eigenvalue weighted by Gasteiger charge is -2.36. The molecule has 6 rings (SSSR count). The van der Waals surface area contributed by atoms with Crippen LogP contribution in [0.3, 0.4) is 0 Å². The first-order chi connectivity index (χ1) is 25.3. The number of unbranched alkanes of at least 4 members (excludes halogenated alkanes) is 8. The van der Waals surface area contributed by atoms with Crippen LogP contribution in [0.2, 0.25) is 0 Å². The van der Waals surface area contributed by atoms with E-state index in [2.05, 4.69) is 16.0 Å². The lowest BCUT2D eigenvalue weighted by atomic mass is 9.95. The fraction of sp³-hybridized carbons (Fsp3) is 0.415. The van der Waals surface area contributed by atoms with Gasteiger partial charge in [-0.2, -0.15) is 0 Å². The van der Waals surface area contributed by atoms with Crippen LogP contribution in [-0.4, -0.2) is 69.4 Å². The van der Waals surface area contributed by atoms with E-state index in [9.17, 15) is 29.1 Å². The average Bonchev–Trinajstić information content (AvgIpc) is 3.40. The van der Waals surface area contributed by atoms with Crippen LogP contribution in [0.4, 0.5) is 11.4 Å². The van der Waals surface area contributed by atoms with E-state index in [0.717, 1.165) is 98.2 Å². The van der Waals surface area contributed by atoms with Gasteiger partial charge in [-0.25, -0.2) is 0 Å². The molecule has 0 radical (unpaired) electrons. The molecule has 2 aliphatic rings. The van der Waals surface area contributed by atoms with E-state index in [0.29, 0.717) is 36.4 Å². The molecule has 1 fully saturated rings. The Labute approximate surface area is 303 Å². The van der Waals surface area contributed by atoms with Crippen molar-refractivity contribution < 1.29 is 24.3 Å². The van der Waals surface area contributed by atoms with Gasteiger partial charge in [0, 0.05) is 55.4 Å². The minimum atomic E-state index is -1.12. The van der Waals surface area contributed by atoms with Crippen molar-refractivity contribution in [3.05, 3.63) is 101 Å². The number of piperidine rings is 1. The minimum absolute atomic E-state index is 0.0142. The molecule has 2 aromatic carbocycles. The summed E-state index contributed by atoms with van der Waals surface area (Å²) in [5.41, 5.74) is 2.13. The second-order valence-corrected chi connectivity index (χ2v) is 13.9. The van der Waals surface area contributed by atoms with Crippen molar-refractivity contribution in [2.75, 3.05) is 36.0 Å². The van der Waals surface area contributed by atoms with E-state index < -0.39 is 18.1 Å². The Morgan fingerprint density at radius 1 is 0.788 bits per heavy atom. The van der Waals surface area contributed by atoms with E-state index >= 15 is 0 Å². The van der Waals surface area contributed by atoms with Crippen LogP contribution in [0.5, 0.6) is 0 Å². The van der Waals surface area contributed by atoms with Gasteiger partial charge in [-0.3, -0.25) is 33.9 Å².